The highest BCUT2D eigenvalue weighted by Gasteiger charge is 2.08. The van der Waals surface area contributed by atoms with Crippen LogP contribution in [0.5, 0.6) is 0 Å². The molecule has 0 unspecified atom stereocenters. The Hall–Kier alpha value is -2.47. The van der Waals surface area contributed by atoms with Crippen molar-refractivity contribution in [1.29, 1.82) is 0 Å². The summed E-state index contributed by atoms with van der Waals surface area (Å²) in [6, 6.07) is 13.3. The molecule has 0 spiro atoms. The average molecular weight is 402 g/mol. The molecule has 0 aliphatic carbocycles. The molecule has 5 nitrogen and oxygen atoms in total. The van der Waals surface area contributed by atoms with Crippen LogP contribution in [0.1, 0.15) is 29.5 Å². The largest absolute Gasteiger partial charge is 0.326 e. The van der Waals surface area contributed by atoms with Crippen LogP contribution < -0.4 is 10.7 Å². The number of aryl methyl sites for hydroxylation is 2. The van der Waals surface area contributed by atoms with Crippen molar-refractivity contribution in [2.45, 2.75) is 26.7 Å². The minimum Gasteiger partial charge on any atom is -0.326 e. The first-order valence-electron chi connectivity index (χ1n) is 7.88. The van der Waals surface area contributed by atoms with Gasteiger partial charge < -0.3 is 5.32 Å². The number of hydrazone groups is 1. The topological polar surface area (TPSA) is 70.6 Å². The zero-order valence-corrected chi connectivity index (χ0v) is 15.8. The van der Waals surface area contributed by atoms with Gasteiger partial charge in [-0.3, -0.25) is 9.59 Å². The maximum atomic E-state index is 11.9. The summed E-state index contributed by atoms with van der Waals surface area (Å²) in [5.74, 6) is -0.497. The predicted molar refractivity (Wildman–Crippen MR) is 104 cm³/mol. The fourth-order valence-corrected chi connectivity index (χ4v) is 2.44. The number of nitrogens with zero attached hydrogens (tertiary/aromatic N) is 1. The first-order chi connectivity index (χ1) is 11.9. The lowest BCUT2D eigenvalue weighted by Gasteiger charge is -2.08. The predicted octanol–water partition coefficient (Wildman–Crippen LogP) is 3.93. The second-order valence-electron chi connectivity index (χ2n) is 5.71. The third-order valence-electron chi connectivity index (χ3n) is 3.51. The molecule has 0 aliphatic heterocycles. The number of hydrogen-bond donors (Lipinski definition) is 2. The Balaban J connectivity index is 1.75. The van der Waals surface area contributed by atoms with Crippen molar-refractivity contribution in [3.63, 3.8) is 0 Å². The van der Waals surface area contributed by atoms with Crippen LogP contribution in [0.15, 0.2) is 52.0 Å². The van der Waals surface area contributed by atoms with Gasteiger partial charge in [0.1, 0.15) is 0 Å². The number of rotatable bonds is 6. The molecule has 0 saturated carbocycles. The Labute approximate surface area is 155 Å². The number of benzene rings is 2. The molecular weight excluding hydrogens is 382 g/mol. The molecule has 2 aromatic rings. The van der Waals surface area contributed by atoms with E-state index in [1.807, 2.05) is 56.3 Å². The van der Waals surface area contributed by atoms with Gasteiger partial charge in [-0.25, -0.2) is 5.43 Å². The van der Waals surface area contributed by atoms with Crippen LogP contribution in [0.3, 0.4) is 0 Å². The summed E-state index contributed by atoms with van der Waals surface area (Å²) in [6.45, 7) is 3.93. The van der Waals surface area contributed by atoms with Gasteiger partial charge in [0, 0.05) is 23.0 Å². The van der Waals surface area contributed by atoms with Crippen molar-refractivity contribution in [1.82, 2.24) is 5.43 Å². The van der Waals surface area contributed by atoms with E-state index in [0.29, 0.717) is 0 Å². The Bertz CT molecular complexity index is 786. The number of nitrogens with one attached hydrogen (secondary N) is 2. The van der Waals surface area contributed by atoms with E-state index in [9.17, 15) is 9.59 Å². The maximum absolute atomic E-state index is 11.9. The van der Waals surface area contributed by atoms with Gasteiger partial charge in [0.2, 0.25) is 11.8 Å². The number of carbonyl (C=O) groups is 2. The summed E-state index contributed by atoms with van der Waals surface area (Å²) in [6.07, 6.45) is 1.74. The van der Waals surface area contributed by atoms with Gasteiger partial charge in [-0.2, -0.15) is 5.10 Å². The average Bonchev–Trinajstić information content (AvgIpc) is 2.57. The van der Waals surface area contributed by atoms with Crippen LogP contribution in [0.2, 0.25) is 0 Å². The van der Waals surface area contributed by atoms with E-state index in [-0.39, 0.29) is 24.7 Å². The number of anilines is 1. The van der Waals surface area contributed by atoms with E-state index in [1.54, 1.807) is 6.21 Å². The lowest BCUT2D eigenvalue weighted by atomic mass is 10.1. The summed E-state index contributed by atoms with van der Waals surface area (Å²) in [5, 5.41) is 6.70. The van der Waals surface area contributed by atoms with Crippen LogP contribution >= 0.6 is 15.9 Å². The Morgan fingerprint density at radius 1 is 1.04 bits per heavy atom. The quantitative estimate of drug-likeness (QED) is 0.568. The van der Waals surface area contributed by atoms with Crippen molar-refractivity contribution in [3.05, 3.63) is 63.6 Å². The fourth-order valence-electron chi connectivity index (χ4n) is 2.18. The molecule has 2 amide bonds. The van der Waals surface area contributed by atoms with E-state index >= 15 is 0 Å². The van der Waals surface area contributed by atoms with Crippen LogP contribution in [0, 0.1) is 13.8 Å². The Morgan fingerprint density at radius 2 is 1.72 bits per heavy atom. The van der Waals surface area contributed by atoms with Crippen molar-refractivity contribution >= 4 is 39.6 Å². The van der Waals surface area contributed by atoms with Crippen LogP contribution in [0.25, 0.3) is 0 Å². The van der Waals surface area contributed by atoms with Crippen molar-refractivity contribution in [2.75, 3.05) is 5.32 Å². The van der Waals surface area contributed by atoms with E-state index in [4.69, 9.17) is 0 Å². The molecule has 6 heteroatoms. The summed E-state index contributed by atoms with van der Waals surface area (Å²) < 4.78 is 0.975. The van der Waals surface area contributed by atoms with Gasteiger partial charge in [0.05, 0.1) is 6.21 Å². The van der Waals surface area contributed by atoms with Gasteiger partial charge >= 0.3 is 0 Å². The first-order valence-corrected chi connectivity index (χ1v) is 8.68. The van der Waals surface area contributed by atoms with E-state index in [0.717, 1.165) is 26.9 Å². The van der Waals surface area contributed by atoms with E-state index in [1.165, 1.54) is 0 Å². The summed E-state index contributed by atoms with van der Waals surface area (Å²) in [4.78, 5) is 23.7. The second-order valence-corrected chi connectivity index (χ2v) is 6.63. The normalized spacial score (nSPS) is 10.7. The Kier molecular flexibility index (Phi) is 6.89. The Morgan fingerprint density at radius 3 is 2.40 bits per heavy atom. The molecule has 0 aromatic heterocycles. The molecular formula is C19H20BrN3O2. The van der Waals surface area contributed by atoms with Gasteiger partial charge in [-0.1, -0.05) is 45.8 Å². The third-order valence-corrected chi connectivity index (χ3v) is 4.04. The zero-order chi connectivity index (χ0) is 18.2. The van der Waals surface area contributed by atoms with Gasteiger partial charge in [0.15, 0.2) is 0 Å². The molecule has 2 N–H and O–H groups in total. The minimum atomic E-state index is -0.302. The van der Waals surface area contributed by atoms with E-state index < -0.39 is 0 Å². The highest BCUT2D eigenvalue weighted by Crippen LogP contribution is 2.16. The SMILES string of the molecule is Cc1ccc(NC(=O)CCC(=O)N/N=C\c2ccc(Br)cc2)c(C)c1. The minimum absolute atomic E-state index is 0.0778. The first kappa shape index (κ1) is 18.9. The van der Waals surface area contributed by atoms with Gasteiger partial charge in [-0.05, 0) is 43.2 Å². The lowest BCUT2D eigenvalue weighted by Crippen LogP contribution is -2.20. The fraction of sp³-hybridized carbons (Fsp3) is 0.211. The smallest absolute Gasteiger partial charge is 0.240 e. The third kappa shape index (κ3) is 6.51. The van der Waals surface area contributed by atoms with Crippen LogP contribution in [-0.4, -0.2) is 18.0 Å². The molecule has 2 aromatic carbocycles. The highest BCUT2D eigenvalue weighted by atomic mass is 79.9. The second kappa shape index (κ2) is 9.13. The van der Waals surface area contributed by atoms with Gasteiger partial charge in [0.25, 0.3) is 0 Å². The zero-order valence-electron chi connectivity index (χ0n) is 14.2. The van der Waals surface area contributed by atoms with Crippen LogP contribution in [0.4, 0.5) is 5.69 Å². The monoisotopic (exact) mass is 401 g/mol. The number of hydrogen-bond acceptors (Lipinski definition) is 3. The number of amides is 2. The maximum Gasteiger partial charge on any atom is 0.240 e. The summed E-state index contributed by atoms with van der Waals surface area (Å²) >= 11 is 3.35. The van der Waals surface area contributed by atoms with Crippen molar-refractivity contribution in [3.8, 4) is 0 Å². The molecule has 0 saturated heterocycles. The molecule has 0 atom stereocenters. The van der Waals surface area contributed by atoms with Crippen LogP contribution in [-0.2, 0) is 9.59 Å². The molecule has 2 rings (SSSR count). The molecule has 0 radical (unpaired) electrons. The molecule has 130 valence electrons. The number of halogens is 1. The highest BCUT2D eigenvalue weighted by molar-refractivity contribution is 9.10. The number of carbonyl (C=O) groups excluding carboxylic acids is 2. The molecule has 0 aliphatic rings. The molecule has 0 fully saturated rings. The van der Waals surface area contributed by atoms with Gasteiger partial charge in [-0.15, -0.1) is 0 Å². The molecule has 0 heterocycles. The molecule has 25 heavy (non-hydrogen) atoms. The summed E-state index contributed by atoms with van der Waals surface area (Å²) in [5.41, 5.74) is 6.20. The standard InChI is InChI=1S/C19H20BrN3O2/c1-13-3-8-17(14(2)11-13)22-18(24)9-10-19(25)23-21-12-15-4-6-16(20)7-5-15/h3-8,11-12H,9-10H2,1-2H3,(H,22,24)(H,23,25)/b21-12-. The van der Waals surface area contributed by atoms with Crippen molar-refractivity contribution in [2.24, 2.45) is 5.10 Å². The van der Waals surface area contributed by atoms with Crippen molar-refractivity contribution < 1.29 is 9.59 Å². The summed E-state index contributed by atoms with van der Waals surface area (Å²) in [7, 11) is 0. The van der Waals surface area contributed by atoms with E-state index in [2.05, 4.69) is 31.8 Å². The lowest BCUT2D eigenvalue weighted by molar-refractivity contribution is -0.124. The molecule has 0 bridgehead atoms.